The molecule has 4 atom stereocenters. The third kappa shape index (κ3) is 6.44. The first-order chi connectivity index (χ1) is 21.8. The Morgan fingerprint density at radius 1 is 0.957 bits per heavy atom. The highest BCUT2D eigenvalue weighted by Gasteiger charge is 2.59. The first-order valence-electron chi connectivity index (χ1n) is 15.1. The van der Waals surface area contributed by atoms with E-state index in [2.05, 4.69) is 31.1 Å². The van der Waals surface area contributed by atoms with Gasteiger partial charge in [-0.05, 0) is 40.5 Å². The maximum atomic E-state index is 16.7. The summed E-state index contributed by atoms with van der Waals surface area (Å²) >= 11 is 0. The van der Waals surface area contributed by atoms with E-state index < -0.39 is 50.0 Å². The van der Waals surface area contributed by atoms with E-state index in [1.807, 2.05) is 60.7 Å². The summed E-state index contributed by atoms with van der Waals surface area (Å²) in [5, 5.41) is 4.25. The molecule has 1 aliphatic heterocycles. The summed E-state index contributed by atoms with van der Waals surface area (Å²) in [5.41, 5.74) is -2.81. The molecule has 1 saturated heterocycles. The minimum atomic E-state index is -3.06. The third-order valence-corrected chi connectivity index (χ3v) is 13.2. The molecule has 1 aliphatic rings. The monoisotopic (exact) mass is 643 g/mol. The van der Waals surface area contributed by atoms with Gasteiger partial charge in [-0.2, -0.15) is 4.98 Å². The Morgan fingerprint density at radius 2 is 1.50 bits per heavy atom. The molecule has 46 heavy (non-hydrogen) atoms. The van der Waals surface area contributed by atoms with Gasteiger partial charge >= 0.3 is 11.7 Å². The summed E-state index contributed by atoms with van der Waals surface area (Å²) in [6, 6.07) is 29.7. The largest absolute Gasteiger partial charge is 0.456 e. The Morgan fingerprint density at radius 3 is 2.00 bits per heavy atom. The molecular weight excluding hydrogens is 605 g/mol. The number of anilines is 1. The zero-order valence-electron chi connectivity index (χ0n) is 26.5. The molecule has 1 N–H and O–H groups in total. The van der Waals surface area contributed by atoms with Crippen molar-refractivity contribution in [2.24, 2.45) is 0 Å². The average Bonchev–Trinajstić information content (AvgIpc) is 3.26. The number of hydrogen-bond donors (Lipinski definition) is 1. The molecule has 1 fully saturated rings. The van der Waals surface area contributed by atoms with Crippen LogP contribution in [-0.2, 0) is 18.7 Å². The van der Waals surface area contributed by atoms with Gasteiger partial charge in [0.2, 0.25) is 0 Å². The van der Waals surface area contributed by atoms with Crippen LogP contribution in [0, 0.1) is 0 Å². The Labute approximate surface area is 268 Å². The molecule has 0 bridgehead atoms. The minimum Gasteiger partial charge on any atom is -0.456 e. The highest BCUT2D eigenvalue weighted by Crippen LogP contribution is 2.44. The molecule has 4 aromatic rings. The van der Waals surface area contributed by atoms with Crippen molar-refractivity contribution >= 4 is 36.4 Å². The van der Waals surface area contributed by atoms with E-state index in [0.29, 0.717) is 5.56 Å². The molecule has 9 nitrogen and oxygen atoms in total. The number of rotatable bonds is 9. The van der Waals surface area contributed by atoms with Gasteiger partial charge in [0.15, 0.2) is 18.0 Å². The molecule has 0 saturated carbocycles. The van der Waals surface area contributed by atoms with E-state index in [1.165, 1.54) is 26.1 Å². The molecule has 11 heteroatoms. The smallest absolute Gasteiger partial charge is 0.351 e. The van der Waals surface area contributed by atoms with E-state index in [1.54, 1.807) is 30.3 Å². The molecule has 0 spiro atoms. The van der Waals surface area contributed by atoms with Crippen LogP contribution in [0.25, 0.3) is 0 Å². The number of halogens is 1. The van der Waals surface area contributed by atoms with E-state index in [9.17, 15) is 14.4 Å². The molecule has 0 radical (unpaired) electrons. The number of aromatic nitrogens is 2. The predicted molar refractivity (Wildman–Crippen MR) is 175 cm³/mol. The fraction of sp³-hybridized carbons (Fsp3) is 0.314. The van der Waals surface area contributed by atoms with Crippen LogP contribution in [0.3, 0.4) is 0 Å². The van der Waals surface area contributed by atoms with Gasteiger partial charge in [-0.1, -0.05) is 99.6 Å². The van der Waals surface area contributed by atoms with Gasteiger partial charge in [0.1, 0.15) is 11.9 Å². The second-order valence-electron chi connectivity index (χ2n) is 12.5. The number of carbonyl (C=O) groups is 2. The van der Waals surface area contributed by atoms with Crippen LogP contribution < -0.4 is 21.4 Å². The number of nitrogens with zero attached hydrogens (tertiary/aromatic N) is 2. The van der Waals surface area contributed by atoms with Crippen LogP contribution in [-0.4, -0.2) is 54.2 Å². The zero-order valence-corrected chi connectivity index (χ0v) is 27.5. The van der Waals surface area contributed by atoms with E-state index >= 15 is 4.39 Å². The van der Waals surface area contributed by atoms with Gasteiger partial charge in [0, 0.05) is 18.7 Å². The van der Waals surface area contributed by atoms with Crippen LogP contribution in [0.2, 0.25) is 5.04 Å². The molecule has 4 unspecified atom stereocenters. The van der Waals surface area contributed by atoms with Gasteiger partial charge in [0.05, 0.1) is 6.61 Å². The Balaban J connectivity index is 1.47. The molecule has 3 aromatic carbocycles. The predicted octanol–water partition coefficient (Wildman–Crippen LogP) is 4.63. The average molecular weight is 644 g/mol. The number of alkyl halides is 1. The topological polar surface area (TPSA) is 109 Å². The minimum absolute atomic E-state index is 0.00300. The number of benzene rings is 3. The van der Waals surface area contributed by atoms with Crippen LogP contribution in [0.5, 0.6) is 0 Å². The van der Waals surface area contributed by atoms with Crippen LogP contribution in [0.1, 0.15) is 51.2 Å². The fourth-order valence-electron chi connectivity index (χ4n) is 6.12. The number of esters is 1. The summed E-state index contributed by atoms with van der Waals surface area (Å²) in [5.74, 6) is -1.15. The Bertz CT molecular complexity index is 1690. The van der Waals surface area contributed by atoms with Gasteiger partial charge < -0.3 is 19.2 Å². The molecule has 1 aromatic heterocycles. The second kappa shape index (κ2) is 13.1. The van der Waals surface area contributed by atoms with Crippen molar-refractivity contribution < 1.29 is 27.9 Å². The lowest BCUT2D eigenvalue weighted by Crippen LogP contribution is -2.67. The lowest BCUT2D eigenvalue weighted by atomic mass is 9.98. The van der Waals surface area contributed by atoms with Gasteiger partial charge in [-0.25, -0.2) is 9.18 Å². The number of carbonyl (C=O) groups excluding carboxylic acids is 2. The SMILES string of the molecule is CC(=O)OC1C(CO[Si](c2ccccc2)(c2ccccc2)C(C)(C)C)OC(n2ccc(NC(=O)c3ccccc3)nc2=O)C1(C)F. The summed E-state index contributed by atoms with van der Waals surface area (Å²) in [4.78, 5) is 42.0. The van der Waals surface area contributed by atoms with Gasteiger partial charge in [0.25, 0.3) is 14.2 Å². The molecule has 5 rings (SSSR count). The normalized spacial score (nSPS) is 21.5. The second-order valence-corrected chi connectivity index (χ2v) is 16.8. The quantitative estimate of drug-likeness (QED) is 0.209. The number of ether oxygens (including phenoxy) is 2. The molecule has 2 heterocycles. The Hall–Kier alpha value is -4.45. The summed E-state index contributed by atoms with van der Waals surface area (Å²) in [6.45, 7) is 8.65. The van der Waals surface area contributed by atoms with Crippen molar-refractivity contribution in [2.75, 3.05) is 11.9 Å². The maximum absolute atomic E-state index is 16.7. The fourth-order valence-corrected chi connectivity index (χ4v) is 10.7. The van der Waals surface area contributed by atoms with E-state index in [0.717, 1.165) is 14.9 Å². The Kier molecular flexibility index (Phi) is 9.38. The lowest BCUT2D eigenvalue weighted by molar-refractivity contribution is -0.155. The number of amides is 1. The van der Waals surface area contributed by atoms with Crippen molar-refractivity contribution in [3.05, 3.63) is 119 Å². The van der Waals surface area contributed by atoms with Crippen LogP contribution in [0.4, 0.5) is 10.2 Å². The molecular formula is C35H38FN3O6Si. The highest BCUT2D eigenvalue weighted by atomic mass is 28.4. The van der Waals surface area contributed by atoms with Crippen molar-refractivity contribution in [2.45, 2.75) is 63.8 Å². The molecule has 1 amide bonds. The van der Waals surface area contributed by atoms with Gasteiger partial charge in [-0.15, -0.1) is 0 Å². The summed E-state index contributed by atoms with van der Waals surface area (Å²) in [7, 11) is -3.06. The number of nitrogens with one attached hydrogen (secondary N) is 1. The highest BCUT2D eigenvalue weighted by molar-refractivity contribution is 6.99. The van der Waals surface area contributed by atoms with Crippen molar-refractivity contribution in [1.82, 2.24) is 9.55 Å². The molecule has 0 aliphatic carbocycles. The lowest BCUT2D eigenvalue weighted by Gasteiger charge is -2.43. The van der Waals surface area contributed by atoms with Crippen molar-refractivity contribution in [1.29, 1.82) is 0 Å². The van der Waals surface area contributed by atoms with E-state index in [-0.39, 0.29) is 17.5 Å². The summed E-state index contributed by atoms with van der Waals surface area (Å²) in [6.07, 6.45) is -2.65. The summed E-state index contributed by atoms with van der Waals surface area (Å²) < 4.78 is 36.5. The van der Waals surface area contributed by atoms with Crippen molar-refractivity contribution in [3.63, 3.8) is 0 Å². The van der Waals surface area contributed by atoms with Crippen LogP contribution in [0.15, 0.2) is 108 Å². The van der Waals surface area contributed by atoms with Gasteiger partial charge in [-0.3, -0.25) is 14.2 Å². The van der Waals surface area contributed by atoms with E-state index in [4.69, 9.17) is 13.9 Å². The first kappa shape index (κ1) is 32.9. The third-order valence-electron chi connectivity index (χ3n) is 8.21. The first-order valence-corrected chi connectivity index (χ1v) is 17.0. The number of hydrogen-bond acceptors (Lipinski definition) is 7. The zero-order chi connectivity index (χ0) is 33.1. The maximum Gasteiger partial charge on any atom is 0.351 e. The van der Waals surface area contributed by atoms with Crippen LogP contribution >= 0.6 is 0 Å². The molecule has 240 valence electrons. The standard InChI is InChI=1S/C35H38FN3O6Si/c1-24(40)44-30-28(23-43-46(34(2,3)4,26-17-11-7-12-18-26)27-19-13-8-14-20-27)45-32(35(30,5)36)39-22-21-29(38-33(39)42)37-31(41)25-15-9-6-10-16-25/h6-22,28,30,32H,23H2,1-5H3,(H,37,38,41,42). The van der Waals surface area contributed by atoms with Crippen molar-refractivity contribution in [3.8, 4) is 0 Å².